The molecule has 11 aromatic rings. The highest BCUT2D eigenvalue weighted by Gasteiger charge is 2.19. The molecule has 11 rings (SSSR count). The molecular formula is C52H33NOS. The Morgan fingerprint density at radius 1 is 0.382 bits per heavy atom. The molecule has 0 amide bonds. The van der Waals surface area contributed by atoms with Crippen molar-refractivity contribution in [3.05, 3.63) is 200 Å². The maximum absolute atomic E-state index is 6.58. The van der Waals surface area contributed by atoms with Gasteiger partial charge in [-0.1, -0.05) is 146 Å². The molecule has 2 heterocycles. The number of rotatable bonds is 6. The van der Waals surface area contributed by atoms with Crippen molar-refractivity contribution in [2.45, 2.75) is 0 Å². The third-order valence-corrected chi connectivity index (χ3v) is 12.1. The molecular weight excluding hydrogens is 687 g/mol. The predicted molar refractivity (Wildman–Crippen MR) is 235 cm³/mol. The molecule has 0 aliphatic carbocycles. The van der Waals surface area contributed by atoms with Gasteiger partial charge >= 0.3 is 0 Å². The number of anilines is 3. The summed E-state index contributed by atoms with van der Waals surface area (Å²) in [6, 6.07) is 72.1. The van der Waals surface area contributed by atoms with Crippen molar-refractivity contribution >= 4 is 81.3 Å². The molecule has 0 unspecified atom stereocenters. The van der Waals surface area contributed by atoms with Gasteiger partial charge in [-0.25, -0.2) is 0 Å². The number of nitrogens with zero attached hydrogens (tertiary/aromatic N) is 1. The van der Waals surface area contributed by atoms with Gasteiger partial charge in [0.2, 0.25) is 0 Å². The van der Waals surface area contributed by atoms with Gasteiger partial charge in [0.15, 0.2) is 0 Å². The zero-order valence-electron chi connectivity index (χ0n) is 29.8. The van der Waals surface area contributed by atoms with Crippen LogP contribution in [0.25, 0.3) is 86.3 Å². The second kappa shape index (κ2) is 12.9. The van der Waals surface area contributed by atoms with E-state index in [4.69, 9.17) is 4.42 Å². The summed E-state index contributed by atoms with van der Waals surface area (Å²) in [7, 11) is 0. The lowest BCUT2D eigenvalue weighted by molar-refractivity contribution is 0.673. The first-order valence-corrected chi connectivity index (χ1v) is 19.5. The summed E-state index contributed by atoms with van der Waals surface area (Å²) in [5.41, 5.74) is 12.2. The minimum absolute atomic E-state index is 0.894. The Kier molecular flexibility index (Phi) is 7.39. The fourth-order valence-corrected chi connectivity index (χ4v) is 9.51. The Balaban J connectivity index is 1.06. The minimum atomic E-state index is 0.894. The lowest BCUT2D eigenvalue weighted by Gasteiger charge is -2.27. The average Bonchev–Trinajstić information content (AvgIpc) is 3.84. The van der Waals surface area contributed by atoms with Crippen molar-refractivity contribution < 1.29 is 4.42 Å². The van der Waals surface area contributed by atoms with E-state index in [2.05, 4.69) is 205 Å². The normalized spacial score (nSPS) is 11.6. The van der Waals surface area contributed by atoms with E-state index in [-0.39, 0.29) is 0 Å². The summed E-state index contributed by atoms with van der Waals surface area (Å²) in [5, 5.41) is 7.21. The van der Waals surface area contributed by atoms with Gasteiger partial charge in [0.05, 0.1) is 0 Å². The summed E-state index contributed by atoms with van der Waals surface area (Å²) < 4.78 is 9.22. The molecule has 0 fully saturated rings. The molecule has 9 aromatic carbocycles. The third kappa shape index (κ3) is 5.32. The van der Waals surface area contributed by atoms with Gasteiger partial charge in [0.1, 0.15) is 11.2 Å². The molecule has 0 aliphatic heterocycles. The molecule has 258 valence electrons. The molecule has 0 bridgehead atoms. The van der Waals surface area contributed by atoms with Crippen LogP contribution in [0.3, 0.4) is 0 Å². The summed E-state index contributed by atoms with van der Waals surface area (Å²) in [4.78, 5) is 2.38. The van der Waals surface area contributed by atoms with Crippen molar-refractivity contribution in [3.63, 3.8) is 0 Å². The number of thiophene rings is 1. The van der Waals surface area contributed by atoms with E-state index in [9.17, 15) is 0 Å². The Morgan fingerprint density at radius 3 is 1.89 bits per heavy atom. The van der Waals surface area contributed by atoms with Gasteiger partial charge in [0.25, 0.3) is 0 Å². The summed E-state index contributed by atoms with van der Waals surface area (Å²) >= 11 is 1.87. The van der Waals surface area contributed by atoms with Crippen molar-refractivity contribution in [3.8, 4) is 33.4 Å². The molecule has 55 heavy (non-hydrogen) atoms. The van der Waals surface area contributed by atoms with Crippen LogP contribution in [0.1, 0.15) is 0 Å². The summed E-state index contributed by atoms with van der Waals surface area (Å²) in [6.45, 7) is 0. The molecule has 0 spiro atoms. The van der Waals surface area contributed by atoms with E-state index >= 15 is 0 Å². The molecule has 0 atom stereocenters. The number of fused-ring (bicyclic) bond motifs is 8. The van der Waals surface area contributed by atoms with Crippen molar-refractivity contribution in [2.75, 3.05) is 4.90 Å². The largest absolute Gasteiger partial charge is 0.455 e. The first-order valence-electron chi connectivity index (χ1n) is 18.7. The highest BCUT2D eigenvalue weighted by molar-refractivity contribution is 7.26. The zero-order valence-corrected chi connectivity index (χ0v) is 30.6. The molecule has 0 aliphatic rings. The van der Waals surface area contributed by atoms with E-state index in [1.165, 1.54) is 47.8 Å². The maximum atomic E-state index is 6.58. The van der Waals surface area contributed by atoms with Gasteiger partial charge in [-0.05, 0) is 93.4 Å². The van der Waals surface area contributed by atoms with Gasteiger partial charge in [-0.2, -0.15) is 0 Å². The molecule has 2 nitrogen and oxygen atoms in total. The maximum Gasteiger partial charge on any atom is 0.143 e. The first-order chi connectivity index (χ1) is 27.3. The monoisotopic (exact) mass is 719 g/mol. The first kappa shape index (κ1) is 31.6. The van der Waals surface area contributed by atoms with Crippen LogP contribution in [-0.2, 0) is 0 Å². The van der Waals surface area contributed by atoms with Crippen LogP contribution in [0.4, 0.5) is 17.1 Å². The van der Waals surface area contributed by atoms with Gasteiger partial charge in [-0.15, -0.1) is 11.3 Å². The van der Waals surface area contributed by atoms with E-state index in [0.717, 1.165) is 55.5 Å². The molecule has 3 heteroatoms. The highest BCUT2D eigenvalue weighted by Crippen LogP contribution is 2.44. The topological polar surface area (TPSA) is 16.4 Å². The van der Waals surface area contributed by atoms with Crippen LogP contribution >= 0.6 is 11.3 Å². The van der Waals surface area contributed by atoms with E-state index < -0.39 is 0 Å². The van der Waals surface area contributed by atoms with E-state index in [1.807, 2.05) is 11.3 Å². The Labute approximate surface area is 322 Å². The van der Waals surface area contributed by atoms with Gasteiger partial charge in [0, 0.05) is 53.4 Å². The van der Waals surface area contributed by atoms with Crippen LogP contribution in [0.2, 0.25) is 0 Å². The van der Waals surface area contributed by atoms with Gasteiger partial charge in [-0.3, -0.25) is 0 Å². The molecule has 0 radical (unpaired) electrons. The molecule has 0 saturated carbocycles. The number of benzene rings is 9. The van der Waals surface area contributed by atoms with Crippen LogP contribution in [0, 0.1) is 0 Å². The fourth-order valence-electron chi connectivity index (χ4n) is 8.27. The Bertz CT molecular complexity index is 3210. The minimum Gasteiger partial charge on any atom is -0.455 e. The molecule has 0 saturated heterocycles. The quantitative estimate of drug-likeness (QED) is 0.170. The molecule has 0 N–H and O–H groups in total. The number of hydrogen-bond acceptors (Lipinski definition) is 3. The predicted octanol–water partition coefficient (Wildman–Crippen LogP) is 15.6. The van der Waals surface area contributed by atoms with Crippen LogP contribution in [-0.4, -0.2) is 0 Å². The van der Waals surface area contributed by atoms with Crippen LogP contribution in [0.5, 0.6) is 0 Å². The van der Waals surface area contributed by atoms with Crippen LogP contribution in [0.15, 0.2) is 205 Å². The number of furan rings is 1. The van der Waals surface area contributed by atoms with Crippen molar-refractivity contribution in [1.82, 2.24) is 0 Å². The Hall–Kier alpha value is -6.94. The van der Waals surface area contributed by atoms with Crippen molar-refractivity contribution in [2.24, 2.45) is 0 Å². The SMILES string of the molecule is c1ccc(-c2cccc(N(c3ccc(-c4cccc5c4sc4ccccc45)cc3)c3cccc(-c4cccc5oc6c7ccccc7ccc6c45)c3)c2)cc1. The van der Waals surface area contributed by atoms with E-state index in [0.29, 0.717) is 0 Å². The second-order valence-electron chi connectivity index (χ2n) is 14.1. The van der Waals surface area contributed by atoms with Crippen molar-refractivity contribution in [1.29, 1.82) is 0 Å². The lowest BCUT2D eigenvalue weighted by Crippen LogP contribution is -2.10. The highest BCUT2D eigenvalue weighted by atomic mass is 32.1. The standard InChI is InChI=1S/C52H33NOS/c1-2-12-34(13-3-1)37-15-8-17-40(32-37)53(39-29-26-36(27-30-39)44-22-10-23-46-45-20-6-7-25-49(45)55-52(44)46)41-18-9-16-38(33-41)42-21-11-24-48-50(42)47-31-28-35-14-4-5-19-43(35)51(47)54-48/h1-33H. The molecule has 2 aromatic heterocycles. The zero-order chi connectivity index (χ0) is 36.3. The van der Waals surface area contributed by atoms with Crippen LogP contribution < -0.4 is 4.90 Å². The smallest absolute Gasteiger partial charge is 0.143 e. The number of hydrogen-bond donors (Lipinski definition) is 0. The third-order valence-electron chi connectivity index (χ3n) is 10.9. The average molecular weight is 720 g/mol. The van der Waals surface area contributed by atoms with E-state index in [1.54, 1.807) is 0 Å². The summed E-state index contributed by atoms with van der Waals surface area (Å²) in [5.74, 6) is 0. The second-order valence-corrected chi connectivity index (χ2v) is 15.1. The fraction of sp³-hybridized carbons (Fsp3) is 0. The summed E-state index contributed by atoms with van der Waals surface area (Å²) in [6.07, 6.45) is 0. The Morgan fingerprint density at radius 2 is 1.04 bits per heavy atom. The van der Waals surface area contributed by atoms with Gasteiger partial charge < -0.3 is 9.32 Å². The lowest BCUT2D eigenvalue weighted by atomic mass is 9.97.